The van der Waals surface area contributed by atoms with Crippen molar-refractivity contribution in [1.29, 1.82) is 0 Å². The third-order valence-corrected chi connectivity index (χ3v) is 6.77. The van der Waals surface area contributed by atoms with Crippen LogP contribution in [0.4, 0.5) is 0 Å². The lowest BCUT2D eigenvalue weighted by molar-refractivity contribution is -0.121. The van der Waals surface area contributed by atoms with Gasteiger partial charge in [0, 0.05) is 41.1 Å². The quantitative estimate of drug-likeness (QED) is 0.163. The van der Waals surface area contributed by atoms with E-state index >= 15 is 0 Å². The predicted molar refractivity (Wildman–Crippen MR) is 159 cm³/mol. The van der Waals surface area contributed by atoms with E-state index in [-0.39, 0.29) is 12.3 Å². The fraction of sp³-hybridized carbons (Fsp3) is 0.152. The van der Waals surface area contributed by atoms with Crippen LogP contribution in [0.25, 0.3) is 33.3 Å². The fourth-order valence-corrected chi connectivity index (χ4v) is 4.93. The van der Waals surface area contributed by atoms with Gasteiger partial charge in [-0.2, -0.15) is 5.10 Å². The fourth-order valence-electron chi connectivity index (χ4n) is 4.93. The molecule has 1 aromatic heterocycles. The molecule has 4 aromatic carbocycles. The van der Waals surface area contributed by atoms with Crippen LogP contribution < -0.4 is 19.6 Å². The molecule has 0 aliphatic heterocycles. The number of rotatable bonds is 10. The lowest BCUT2D eigenvalue weighted by atomic mass is 9.98. The first-order valence-electron chi connectivity index (χ1n) is 13.0. The van der Waals surface area contributed by atoms with Gasteiger partial charge in [0.05, 0.1) is 33.2 Å². The number of nitrogens with zero attached hydrogens (tertiary/aromatic N) is 2. The minimum absolute atomic E-state index is 0.200. The van der Waals surface area contributed by atoms with E-state index in [0.717, 1.165) is 33.3 Å². The van der Waals surface area contributed by atoms with E-state index in [1.54, 1.807) is 33.5 Å². The average Bonchev–Trinajstić information content (AvgIpc) is 3.34. The summed E-state index contributed by atoms with van der Waals surface area (Å²) >= 11 is 0. The molecule has 0 atom stereocenters. The second-order valence-electron chi connectivity index (χ2n) is 9.12. The highest BCUT2D eigenvalue weighted by atomic mass is 16.5. The van der Waals surface area contributed by atoms with Gasteiger partial charge in [0.2, 0.25) is 5.91 Å². The van der Waals surface area contributed by atoms with Gasteiger partial charge in [-0.3, -0.25) is 4.79 Å². The molecule has 40 heavy (non-hydrogen) atoms. The van der Waals surface area contributed by atoms with Crippen LogP contribution in [-0.4, -0.2) is 38.0 Å². The van der Waals surface area contributed by atoms with Crippen molar-refractivity contribution in [3.8, 4) is 39.6 Å². The zero-order valence-corrected chi connectivity index (χ0v) is 22.8. The Hall–Kier alpha value is -5.04. The standard InChI is InChI=1S/C33H31N3O4/c1-38-28-21-30(40-3)29(39-2)20-25(28)22-34-35-31(37)18-19-36-27-17-11-10-16-26(27)32(23-12-6-4-7-13-23)33(36)24-14-8-5-9-15-24/h4-17,20-22H,18-19H2,1-3H3,(H,35,37). The van der Waals surface area contributed by atoms with Crippen LogP contribution in [-0.2, 0) is 11.3 Å². The van der Waals surface area contributed by atoms with Crippen molar-refractivity contribution in [1.82, 2.24) is 9.99 Å². The maximum absolute atomic E-state index is 12.9. The van der Waals surface area contributed by atoms with Crippen molar-refractivity contribution in [2.45, 2.75) is 13.0 Å². The number of hydrazone groups is 1. The van der Waals surface area contributed by atoms with E-state index in [0.29, 0.717) is 29.4 Å². The number of nitrogens with one attached hydrogen (secondary N) is 1. The number of para-hydroxylation sites is 1. The zero-order valence-electron chi connectivity index (χ0n) is 22.8. The van der Waals surface area contributed by atoms with Crippen molar-refractivity contribution in [3.63, 3.8) is 0 Å². The molecule has 0 fully saturated rings. The molecule has 0 aliphatic rings. The number of fused-ring (bicyclic) bond motifs is 1. The predicted octanol–water partition coefficient (Wildman–Crippen LogP) is 6.54. The van der Waals surface area contributed by atoms with E-state index in [2.05, 4.69) is 69.7 Å². The number of carbonyl (C=O) groups excluding carboxylic acids is 1. The Kier molecular flexibility index (Phi) is 8.11. The van der Waals surface area contributed by atoms with Gasteiger partial charge in [-0.05, 0) is 23.3 Å². The first-order chi connectivity index (χ1) is 19.6. The summed E-state index contributed by atoms with van der Waals surface area (Å²) in [5.74, 6) is 1.44. The van der Waals surface area contributed by atoms with Gasteiger partial charge in [0.25, 0.3) is 0 Å². The second kappa shape index (κ2) is 12.2. The Morgan fingerprint density at radius 2 is 1.38 bits per heavy atom. The summed E-state index contributed by atoms with van der Waals surface area (Å²) in [6.07, 6.45) is 1.78. The molecule has 0 unspecified atom stereocenters. The molecule has 0 radical (unpaired) electrons. The van der Waals surface area contributed by atoms with Crippen LogP contribution in [0.5, 0.6) is 17.2 Å². The van der Waals surface area contributed by atoms with Crippen molar-refractivity contribution < 1.29 is 19.0 Å². The summed E-state index contributed by atoms with van der Waals surface area (Å²) in [4.78, 5) is 12.9. The molecule has 1 heterocycles. The molecule has 7 heteroatoms. The first-order valence-corrected chi connectivity index (χ1v) is 13.0. The number of aryl methyl sites for hydroxylation is 1. The molecular formula is C33H31N3O4. The Labute approximate surface area is 233 Å². The van der Waals surface area contributed by atoms with Gasteiger partial charge in [-0.15, -0.1) is 0 Å². The SMILES string of the molecule is COc1cc(OC)c(OC)cc1C=NNC(=O)CCn1c(-c2ccccc2)c(-c2ccccc2)c2ccccc21. The molecule has 0 spiro atoms. The van der Waals surface area contributed by atoms with E-state index < -0.39 is 0 Å². The molecule has 5 aromatic rings. The lowest BCUT2D eigenvalue weighted by Gasteiger charge is -2.13. The zero-order chi connectivity index (χ0) is 27.9. The number of amides is 1. The Morgan fingerprint density at radius 1 is 0.775 bits per heavy atom. The highest BCUT2D eigenvalue weighted by Crippen LogP contribution is 2.41. The van der Waals surface area contributed by atoms with Gasteiger partial charge in [0.15, 0.2) is 11.5 Å². The maximum atomic E-state index is 12.9. The van der Waals surface area contributed by atoms with Crippen molar-refractivity contribution in [2.24, 2.45) is 5.10 Å². The van der Waals surface area contributed by atoms with Crippen LogP contribution in [0.3, 0.4) is 0 Å². The van der Waals surface area contributed by atoms with Gasteiger partial charge >= 0.3 is 0 Å². The van der Waals surface area contributed by atoms with E-state index in [4.69, 9.17) is 14.2 Å². The summed E-state index contributed by atoms with van der Waals surface area (Å²) in [7, 11) is 4.68. The number of aromatic nitrogens is 1. The maximum Gasteiger partial charge on any atom is 0.241 e. The van der Waals surface area contributed by atoms with E-state index in [9.17, 15) is 4.79 Å². The third-order valence-electron chi connectivity index (χ3n) is 6.77. The van der Waals surface area contributed by atoms with Crippen LogP contribution in [0.1, 0.15) is 12.0 Å². The van der Waals surface area contributed by atoms with Crippen LogP contribution in [0.15, 0.2) is 102 Å². The molecule has 0 saturated carbocycles. The van der Waals surface area contributed by atoms with Gasteiger partial charge in [0.1, 0.15) is 5.75 Å². The first kappa shape index (κ1) is 26.6. The van der Waals surface area contributed by atoms with Crippen molar-refractivity contribution in [3.05, 3.63) is 103 Å². The molecule has 5 rings (SSSR count). The largest absolute Gasteiger partial charge is 0.496 e. The van der Waals surface area contributed by atoms with E-state index in [1.807, 2.05) is 30.3 Å². The monoisotopic (exact) mass is 533 g/mol. The number of ether oxygens (including phenoxy) is 3. The van der Waals surface area contributed by atoms with Crippen LogP contribution >= 0.6 is 0 Å². The highest BCUT2D eigenvalue weighted by molar-refractivity contribution is 6.04. The Morgan fingerprint density at radius 3 is 2.05 bits per heavy atom. The molecular weight excluding hydrogens is 502 g/mol. The molecule has 1 N–H and O–H groups in total. The molecule has 0 bridgehead atoms. The minimum Gasteiger partial charge on any atom is -0.496 e. The molecule has 1 amide bonds. The summed E-state index contributed by atoms with van der Waals surface area (Å²) in [5, 5.41) is 5.32. The molecule has 0 saturated heterocycles. The summed E-state index contributed by atoms with van der Waals surface area (Å²) in [6.45, 7) is 0.485. The smallest absolute Gasteiger partial charge is 0.241 e. The minimum atomic E-state index is -0.200. The molecule has 202 valence electrons. The van der Waals surface area contributed by atoms with Gasteiger partial charge in [-0.25, -0.2) is 5.43 Å². The van der Waals surface area contributed by atoms with Gasteiger partial charge in [-0.1, -0.05) is 78.9 Å². The summed E-state index contributed by atoms with van der Waals surface area (Å²) in [5.41, 5.74) is 8.84. The second-order valence-corrected chi connectivity index (χ2v) is 9.12. The number of carbonyl (C=O) groups is 1. The van der Waals surface area contributed by atoms with Crippen LogP contribution in [0.2, 0.25) is 0 Å². The molecule has 0 aliphatic carbocycles. The van der Waals surface area contributed by atoms with Crippen molar-refractivity contribution >= 4 is 23.0 Å². The van der Waals surface area contributed by atoms with Crippen LogP contribution in [0, 0.1) is 0 Å². The third kappa shape index (κ3) is 5.40. The highest BCUT2D eigenvalue weighted by Gasteiger charge is 2.20. The number of hydrogen-bond donors (Lipinski definition) is 1. The lowest BCUT2D eigenvalue weighted by Crippen LogP contribution is -2.19. The molecule has 7 nitrogen and oxygen atoms in total. The van der Waals surface area contributed by atoms with Gasteiger partial charge < -0.3 is 18.8 Å². The normalized spacial score (nSPS) is 11.1. The Balaban J connectivity index is 1.43. The number of benzene rings is 4. The van der Waals surface area contributed by atoms with Crippen molar-refractivity contribution in [2.75, 3.05) is 21.3 Å². The Bertz CT molecular complexity index is 1640. The average molecular weight is 534 g/mol. The number of hydrogen-bond acceptors (Lipinski definition) is 5. The van der Waals surface area contributed by atoms with E-state index in [1.165, 1.54) is 6.21 Å². The summed E-state index contributed by atoms with van der Waals surface area (Å²) in [6, 6.07) is 32.5. The summed E-state index contributed by atoms with van der Waals surface area (Å²) < 4.78 is 18.4. The number of methoxy groups -OCH3 is 3. The topological polar surface area (TPSA) is 74.1 Å².